The first kappa shape index (κ1) is 23.6. The van der Waals surface area contributed by atoms with Gasteiger partial charge < -0.3 is 32.2 Å². The van der Waals surface area contributed by atoms with Gasteiger partial charge in [-0.2, -0.15) is 0 Å². The average molecular weight is 396 g/mol. The molecular formula is C18H32N6O4. The number of aromatic amines is 1. The lowest BCUT2D eigenvalue weighted by Crippen LogP contribution is -2.55. The first-order chi connectivity index (χ1) is 13.3. The Kier molecular flexibility index (Phi) is 10.2. The van der Waals surface area contributed by atoms with Gasteiger partial charge in [0, 0.05) is 18.3 Å². The van der Waals surface area contributed by atoms with Crippen molar-refractivity contribution in [2.75, 3.05) is 6.54 Å². The van der Waals surface area contributed by atoms with Crippen molar-refractivity contribution < 1.29 is 19.5 Å². The Bertz CT molecular complexity index is 622. The van der Waals surface area contributed by atoms with E-state index in [0.717, 1.165) is 0 Å². The Hall–Kier alpha value is -2.46. The van der Waals surface area contributed by atoms with E-state index in [-0.39, 0.29) is 12.3 Å². The molecule has 1 aromatic rings. The zero-order valence-corrected chi connectivity index (χ0v) is 16.5. The van der Waals surface area contributed by atoms with Gasteiger partial charge in [-0.25, -0.2) is 9.78 Å². The standard InChI is InChI=1S/C18H32N6O4/c1-3-11(2)15(18(27)28)24-17(26)14(6-4-5-7-19)23-16(25)13(20)8-12-9-21-10-22-12/h9-11,13-15H,3-8,19-20H2,1-2H3,(H,21,22)(H,23,25)(H,24,26)(H,27,28)/t11-,13-,14-,15-/m0/s1. The zero-order valence-electron chi connectivity index (χ0n) is 16.5. The lowest BCUT2D eigenvalue weighted by molar-refractivity contribution is -0.143. The first-order valence-electron chi connectivity index (χ1n) is 9.56. The minimum absolute atomic E-state index is 0.244. The molecule has 1 heterocycles. The number of imidazole rings is 1. The maximum absolute atomic E-state index is 12.7. The van der Waals surface area contributed by atoms with Crippen molar-refractivity contribution >= 4 is 17.8 Å². The van der Waals surface area contributed by atoms with E-state index < -0.39 is 35.9 Å². The molecule has 8 N–H and O–H groups in total. The molecule has 0 unspecified atom stereocenters. The number of carbonyl (C=O) groups is 3. The van der Waals surface area contributed by atoms with Crippen molar-refractivity contribution in [2.45, 2.75) is 64.1 Å². The molecule has 0 bridgehead atoms. The highest BCUT2D eigenvalue weighted by Crippen LogP contribution is 2.10. The van der Waals surface area contributed by atoms with Gasteiger partial charge in [-0.05, 0) is 31.7 Å². The summed E-state index contributed by atoms with van der Waals surface area (Å²) in [6, 6.07) is -2.77. The van der Waals surface area contributed by atoms with Gasteiger partial charge in [0.25, 0.3) is 0 Å². The van der Waals surface area contributed by atoms with E-state index in [1.165, 1.54) is 6.33 Å². The number of carboxylic acid groups (broad SMARTS) is 1. The Balaban J connectivity index is 2.77. The van der Waals surface area contributed by atoms with Crippen LogP contribution in [0.25, 0.3) is 0 Å². The van der Waals surface area contributed by atoms with Crippen LogP contribution in [-0.4, -0.2) is 57.5 Å². The zero-order chi connectivity index (χ0) is 21.1. The van der Waals surface area contributed by atoms with Crippen molar-refractivity contribution in [1.82, 2.24) is 20.6 Å². The summed E-state index contributed by atoms with van der Waals surface area (Å²) in [7, 11) is 0. The van der Waals surface area contributed by atoms with Gasteiger partial charge in [0.1, 0.15) is 12.1 Å². The molecule has 0 fully saturated rings. The number of amides is 2. The van der Waals surface area contributed by atoms with Crippen molar-refractivity contribution in [3.8, 4) is 0 Å². The maximum Gasteiger partial charge on any atom is 0.326 e. The molecule has 10 nitrogen and oxygen atoms in total. The molecule has 0 aliphatic carbocycles. The van der Waals surface area contributed by atoms with Crippen LogP contribution in [0.15, 0.2) is 12.5 Å². The maximum atomic E-state index is 12.7. The van der Waals surface area contributed by atoms with Gasteiger partial charge in [-0.1, -0.05) is 20.3 Å². The monoisotopic (exact) mass is 396 g/mol. The predicted octanol–water partition coefficient (Wildman–Crippen LogP) is -0.491. The summed E-state index contributed by atoms with van der Waals surface area (Å²) in [5, 5.41) is 14.6. The van der Waals surface area contributed by atoms with E-state index in [1.807, 2.05) is 6.92 Å². The molecule has 0 spiro atoms. The lowest BCUT2D eigenvalue weighted by Gasteiger charge is -2.25. The fourth-order valence-electron chi connectivity index (χ4n) is 2.70. The summed E-state index contributed by atoms with van der Waals surface area (Å²) < 4.78 is 0. The first-order valence-corrected chi connectivity index (χ1v) is 9.56. The lowest BCUT2D eigenvalue weighted by atomic mass is 9.98. The molecule has 158 valence electrons. The van der Waals surface area contributed by atoms with Gasteiger partial charge in [0.05, 0.1) is 12.4 Å². The van der Waals surface area contributed by atoms with Crippen LogP contribution in [-0.2, 0) is 20.8 Å². The number of H-pyrrole nitrogens is 1. The van der Waals surface area contributed by atoms with Gasteiger partial charge >= 0.3 is 5.97 Å². The molecule has 28 heavy (non-hydrogen) atoms. The van der Waals surface area contributed by atoms with Gasteiger partial charge in [-0.3, -0.25) is 9.59 Å². The van der Waals surface area contributed by atoms with Crippen molar-refractivity contribution in [3.05, 3.63) is 18.2 Å². The number of aliphatic carboxylic acids is 1. The highest BCUT2D eigenvalue weighted by atomic mass is 16.4. The van der Waals surface area contributed by atoms with Crippen LogP contribution in [0, 0.1) is 5.92 Å². The topological polar surface area (TPSA) is 176 Å². The molecule has 4 atom stereocenters. The highest BCUT2D eigenvalue weighted by molar-refractivity contribution is 5.91. The molecule has 2 amide bonds. The molecular weight excluding hydrogens is 364 g/mol. The second kappa shape index (κ2) is 12.1. The SMILES string of the molecule is CC[C@H](C)[C@H](NC(=O)[C@H](CCCCN)NC(=O)[C@@H](N)Cc1cnc[nH]1)C(=O)O. The third-order valence-corrected chi connectivity index (χ3v) is 4.69. The van der Waals surface area contributed by atoms with Crippen LogP contribution < -0.4 is 22.1 Å². The second-order valence-electron chi connectivity index (χ2n) is 6.94. The third kappa shape index (κ3) is 7.65. The Morgan fingerprint density at radius 3 is 2.50 bits per heavy atom. The predicted molar refractivity (Wildman–Crippen MR) is 104 cm³/mol. The van der Waals surface area contributed by atoms with Crippen molar-refractivity contribution in [2.24, 2.45) is 17.4 Å². The minimum atomic E-state index is -1.11. The highest BCUT2D eigenvalue weighted by Gasteiger charge is 2.30. The molecule has 0 aromatic carbocycles. The quantitative estimate of drug-likeness (QED) is 0.244. The van der Waals surface area contributed by atoms with E-state index in [1.54, 1.807) is 13.1 Å². The smallest absolute Gasteiger partial charge is 0.326 e. The summed E-state index contributed by atoms with van der Waals surface area (Å²) in [6.07, 6.45) is 5.55. The molecule has 0 saturated heterocycles. The molecule has 0 saturated carbocycles. The van der Waals surface area contributed by atoms with Crippen LogP contribution in [0.1, 0.15) is 45.2 Å². The number of nitrogens with one attached hydrogen (secondary N) is 3. The molecule has 0 radical (unpaired) electrons. The largest absolute Gasteiger partial charge is 0.480 e. The number of rotatable bonds is 13. The minimum Gasteiger partial charge on any atom is -0.480 e. The number of hydrogen-bond donors (Lipinski definition) is 6. The van der Waals surface area contributed by atoms with E-state index in [9.17, 15) is 19.5 Å². The van der Waals surface area contributed by atoms with Crippen LogP contribution in [0.3, 0.4) is 0 Å². The molecule has 10 heteroatoms. The van der Waals surface area contributed by atoms with Gasteiger partial charge in [0.2, 0.25) is 11.8 Å². The number of carboxylic acids is 1. The van der Waals surface area contributed by atoms with Crippen LogP contribution in [0.4, 0.5) is 0 Å². The number of carbonyl (C=O) groups excluding carboxylic acids is 2. The summed E-state index contributed by atoms with van der Waals surface area (Å²) in [5.74, 6) is -2.38. The number of nitrogens with zero attached hydrogens (tertiary/aromatic N) is 1. The van der Waals surface area contributed by atoms with Crippen LogP contribution >= 0.6 is 0 Å². The van der Waals surface area contributed by atoms with Gasteiger partial charge in [-0.15, -0.1) is 0 Å². The molecule has 1 aromatic heterocycles. The van der Waals surface area contributed by atoms with Crippen molar-refractivity contribution in [3.63, 3.8) is 0 Å². The summed E-state index contributed by atoms with van der Waals surface area (Å²) in [6.45, 7) is 4.06. The summed E-state index contributed by atoms with van der Waals surface area (Å²) in [5.41, 5.74) is 12.1. The second-order valence-corrected chi connectivity index (χ2v) is 6.94. The fourth-order valence-corrected chi connectivity index (χ4v) is 2.70. The fraction of sp³-hybridized carbons (Fsp3) is 0.667. The van der Waals surface area contributed by atoms with E-state index in [0.29, 0.717) is 37.9 Å². The normalized spacial score (nSPS) is 15.3. The number of aromatic nitrogens is 2. The van der Waals surface area contributed by atoms with E-state index >= 15 is 0 Å². The van der Waals surface area contributed by atoms with Crippen LogP contribution in [0.2, 0.25) is 0 Å². The summed E-state index contributed by atoms with van der Waals surface area (Å²) >= 11 is 0. The van der Waals surface area contributed by atoms with Crippen LogP contribution in [0.5, 0.6) is 0 Å². The Labute approximate surface area is 164 Å². The summed E-state index contributed by atoms with van der Waals surface area (Å²) in [4.78, 5) is 43.3. The number of nitrogens with two attached hydrogens (primary N) is 2. The van der Waals surface area contributed by atoms with Crippen molar-refractivity contribution in [1.29, 1.82) is 0 Å². The Morgan fingerprint density at radius 2 is 1.96 bits per heavy atom. The van der Waals surface area contributed by atoms with E-state index in [2.05, 4.69) is 20.6 Å². The number of hydrogen-bond acceptors (Lipinski definition) is 6. The van der Waals surface area contributed by atoms with E-state index in [4.69, 9.17) is 11.5 Å². The average Bonchev–Trinajstić information content (AvgIpc) is 3.17. The third-order valence-electron chi connectivity index (χ3n) is 4.69. The van der Waals surface area contributed by atoms with Gasteiger partial charge in [0.15, 0.2) is 0 Å². The molecule has 0 aliphatic rings. The number of unbranched alkanes of at least 4 members (excludes halogenated alkanes) is 1. The molecule has 0 aliphatic heterocycles. The molecule has 1 rings (SSSR count). The Morgan fingerprint density at radius 1 is 1.25 bits per heavy atom.